The molecule has 1 saturated carbocycles. The number of rotatable bonds is 3. The summed E-state index contributed by atoms with van der Waals surface area (Å²) in [6.45, 7) is 0. The topological polar surface area (TPSA) is 15.7 Å². The smallest absolute Gasteiger partial charge is 0.133 e. The summed E-state index contributed by atoms with van der Waals surface area (Å²) in [5, 5.41) is 0. The summed E-state index contributed by atoms with van der Waals surface area (Å²) >= 11 is 0. The van der Waals surface area contributed by atoms with E-state index in [0.29, 0.717) is 5.92 Å². The maximum Gasteiger partial charge on any atom is 0.133 e. The average molecular weight is 373 g/mol. The first-order valence-electron chi connectivity index (χ1n) is 9.35. The Morgan fingerprint density at radius 3 is 1.65 bits per heavy atom. The SMILES string of the molecule is CN(C)c1ccc2c(c1)Oc1cc(N(C)C)ccc1C2C1CCCC1.Cl. The quantitative estimate of drug-likeness (QED) is 0.690. The molecule has 2 aliphatic rings. The van der Waals surface area contributed by atoms with Crippen molar-refractivity contribution in [3.63, 3.8) is 0 Å². The molecule has 4 rings (SSSR count). The van der Waals surface area contributed by atoms with Gasteiger partial charge in [0.15, 0.2) is 0 Å². The van der Waals surface area contributed by atoms with Crippen LogP contribution in [0.15, 0.2) is 36.4 Å². The van der Waals surface area contributed by atoms with Crippen LogP contribution in [0.4, 0.5) is 11.4 Å². The van der Waals surface area contributed by atoms with Crippen molar-refractivity contribution in [2.45, 2.75) is 31.6 Å². The molecule has 140 valence electrons. The molecule has 1 aliphatic carbocycles. The Bertz CT molecular complexity index is 724. The Morgan fingerprint density at radius 1 is 0.769 bits per heavy atom. The molecule has 1 fully saturated rings. The first-order valence-corrected chi connectivity index (χ1v) is 9.35. The second-order valence-corrected chi connectivity index (χ2v) is 7.86. The number of nitrogens with zero attached hydrogens (tertiary/aromatic N) is 2. The maximum atomic E-state index is 6.40. The van der Waals surface area contributed by atoms with Crippen molar-refractivity contribution in [2.24, 2.45) is 5.92 Å². The minimum absolute atomic E-state index is 0. The molecule has 2 aromatic carbocycles. The number of hydrogen-bond donors (Lipinski definition) is 0. The standard InChI is InChI=1S/C22H28N2O.ClH/c1-23(2)16-9-11-18-20(13-16)25-21-14-17(24(3)4)10-12-19(21)22(18)15-7-5-6-8-15;/h9-15,22H,5-8H2,1-4H3;1H. The summed E-state index contributed by atoms with van der Waals surface area (Å²) in [4.78, 5) is 4.28. The van der Waals surface area contributed by atoms with E-state index in [9.17, 15) is 0 Å². The molecule has 0 saturated heterocycles. The molecule has 0 N–H and O–H groups in total. The van der Waals surface area contributed by atoms with Gasteiger partial charge in [0.05, 0.1) is 0 Å². The highest BCUT2D eigenvalue weighted by molar-refractivity contribution is 5.85. The van der Waals surface area contributed by atoms with Gasteiger partial charge in [-0.3, -0.25) is 0 Å². The number of ether oxygens (including phenoxy) is 1. The third-order valence-corrected chi connectivity index (χ3v) is 5.79. The molecule has 0 spiro atoms. The lowest BCUT2D eigenvalue weighted by atomic mass is 9.77. The minimum atomic E-state index is 0. The third kappa shape index (κ3) is 3.25. The molecule has 0 amide bonds. The summed E-state index contributed by atoms with van der Waals surface area (Å²) in [7, 11) is 8.32. The van der Waals surface area contributed by atoms with Gasteiger partial charge >= 0.3 is 0 Å². The third-order valence-electron chi connectivity index (χ3n) is 5.79. The molecule has 1 heterocycles. The molecule has 3 nitrogen and oxygen atoms in total. The zero-order valence-corrected chi connectivity index (χ0v) is 17.0. The van der Waals surface area contributed by atoms with E-state index in [0.717, 1.165) is 17.4 Å². The van der Waals surface area contributed by atoms with Crippen LogP contribution < -0.4 is 14.5 Å². The van der Waals surface area contributed by atoms with Gasteiger partial charge < -0.3 is 14.5 Å². The lowest BCUT2D eigenvalue weighted by molar-refractivity contribution is 0.399. The van der Waals surface area contributed by atoms with Crippen LogP contribution in [-0.4, -0.2) is 28.2 Å². The van der Waals surface area contributed by atoms with Crippen LogP contribution in [0.25, 0.3) is 0 Å². The van der Waals surface area contributed by atoms with Gasteiger partial charge in [-0.05, 0) is 30.9 Å². The fourth-order valence-electron chi connectivity index (χ4n) is 4.38. The van der Waals surface area contributed by atoms with Crippen molar-refractivity contribution in [1.29, 1.82) is 0 Å². The second-order valence-electron chi connectivity index (χ2n) is 7.86. The number of hydrogen-bond acceptors (Lipinski definition) is 3. The van der Waals surface area contributed by atoms with Gasteiger partial charge in [0.2, 0.25) is 0 Å². The summed E-state index contributed by atoms with van der Waals surface area (Å²) in [5.41, 5.74) is 5.11. The van der Waals surface area contributed by atoms with Crippen LogP contribution in [0.5, 0.6) is 11.5 Å². The molecule has 26 heavy (non-hydrogen) atoms. The van der Waals surface area contributed by atoms with Crippen LogP contribution >= 0.6 is 12.4 Å². The lowest BCUT2D eigenvalue weighted by Crippen LogP contribution is -2.19. The van der Waals surface area contributed by atoms with Crippen LogP contribution in [-0.2, 0) is 0 Å². The van der Waals surface area contributed by atoms with Gasteiger partial charge in [-0.2, -0.15) is 0 Å². The molecular weight excluding hydrogens is 344 g/mol. The largest absolute Gasteiger partial charge is 0.457 e. The molecule has 0 radical (unpaired) electrons. The van der Waals surface area contributed by atoms with E-state index in [2.05, 4.69) is 74.4 Å². The Morgan fingerprint density at radius 2 is 1.23 bits per heavy atom. The summed E-state index contributed by atoms with van der Waals surface area (Å²) < 4.78 is 6.40. The Kier molecular flexibility index (Phi) is 5.38. The maximum absolute atomic E-state index is 6.40. The average Bonchev–Trinajstić information content (AvgIpc) is 3.12. The molecule has 0 unspecified atom stereocenters. The van der Waals surface area contributed by atoms with Gasteiger partial charge in [-0.15, -0.1) is 12.4 Å². The molecule has 0 bridgehead atoms. The highest BCUT2D eigenvalue weighted by Gasteiger charge is 2.35. The fourth-order valence-corrected chi connectivity index (χ4v) is 4.38. The van der Waals surface area contributed by atoms with E-state index in [4.69, 9.17) is 4.74 Å². The van der Waals surface area contributed by atoms with Crippen molar-refractivity contribution in [3.8, 4) is 11.5 Å². The van der Waals surface area contributed by atoms with E-state index in [1.807, 2.05) is 0 Å². The second kappa shape index (κ2) is 7.40. The van der Waals surface area contributed by atoms with Gasteiger partial charge in [0.1, 0.15) is 11.5 Å². The van der Waals surface area contributed by atoms with Crippen LogP contribution in [0.2, 0.25) is 0 Å². The first-order chi connectivity index (χ1) is 12.0. The van der Waals surface area contributed by atoms with Crippen molar-refractivity contribution in [1.82, 2.24) is 0 Å². The lowest BCUT2D eigenvalue weighted by Gasteiger charge is -2.33. The predicted molar refractivity (Wildman–Crippen MR) is 113 cm³/mol. The van der Waals surface area contributed by atoms with E-state index < -0.39 is 0 Å². The van der Waals surface area contributed by atoms with Crippen LogP contribution in [0.1, 0.15) is 42.7 Å². The zero-order chi connectivity index (χ0) is 17.6. The van der Waals surface area contributed by atoms with E-state index in [-0.39, 0.29) is 12.4 Å². The van der Waals surface area contributed by atoms with E-state index in [1.165, 1.54) is 48.2 Å². The molecule has 4 heteroatoms. The van der Waals surface area contributed by atoms with Crippen molar-refractivity contribution in [2.75, 3.05) is 38.0 Å². The number of halogens is 1. The number of benzene rings is 2. The normalized spacial score (nSPS) is 16.3. The number of anilines is 2. The monoisotopic (exact) mass is 372 g/mol. The minimum Gasteiger partial charge on any atom is -0.457 e. The molecular formula is C22H29ClN2O. The summed E-state index contributed by atoms with van der Waals surface area (Å²) in [5.74, 6) is 3.27. The van der Waals surface area contributed by atoms with Crippen molar-refractivity contribution in [3.05, 3.63) is 47.5 Å². The van der Waals surface area contributed by atoms with E-state index >= 15 is 0 Å². The van der Waals surface area contributed by atoms with Crippen molar-refractivity contribution < 1.29 is 4.74 Å². The van der Waals surface area contributed by atoms with Crippen LogP contribution in [0, 0.1) is 5.92 Å². The fraction of sp³-hybridized carbons (Fsp3) is 0.455. The number of fused-ring (bicyclic) bond motifs is 2. The Balaban J connectivity index is 0.00000196. The Labute approximate surface area is 163 Å². The van der Waals surface area contributed by atoms with Gasteiger partial charge in [-0.1, -0.05) is 25.0 Å². The first kappa shape index (κ1) is 18.9. The summed E-state index contributed by atoms with van der Waals surface area (Å²) in [6, 6.07) is 13.4. The molecule has 2 aromatic rings. The highest BCUT2D eigenvalue weighted by Crippen LogP contribution is 2.52. The van der Waals surface area contributed by atoms with Crippen LogP contribution in [0.3, 0.4) is 0 Å². The molecule has 0 aromatic heterocycles. The van der Waals surface area contributed by atoms with E-state index in [1.54, 1.807) is 0 Å². The van der Waals surface area contributed by atoms with Crippen molar-refractivity contribution >= 4 is 23.8 Å². The van der Waals surface area contributed by atoms with Gasteiger partial charge in [0.25, 0.3) is 0 Å². The summed E-state index contributed by atoms with van der Waals surface area (Å²) in [6.07, 6.45) is 5.37. The molecule has 0 atom stereocenters. The molecule has 1 aliphatic heterocycles. The zero-order valence-electron chi connectivity index (χ0n) is 16.2. The highest BCUT2D eigenvalue weighted by atomic mass is 35.5. The van der Waals surface area contributed by atoms with Gasteiger partial charge in [0, 0.05) is 68.7 Å². The predicted octanol–water partition coefficient (Wildman–Crippen LogP) is 5.67. The van der Waals surface area contributed by atoms with Gasteiger partial charge in [-0.25, -0.2) is 0 Å². The Hall–Kier alpha value is -1.87.